The topological polar surface area (TPSA) is 44.0 Å². The lowest BCUT2D eigenvalue weighted by atomic mass is 10.1. The molecule has 0 aliphatic rings. The number of hydrogen-bond donors (Lipinski definition) is 0. The molecule has 0 N–H and O–H groups in total. The van der Waals surface area contributed by atoms with E-state index in [-0.39, 0.29) is 0 Å². The van der Waals surface area contributed by atoms with E-state index in [1.807, 2.05) is 72.8 Å². The summed E-state index contributed by atoms with van der Waals surface area (Å²) in [6, 6.07) is 22.9. The molecule has 0 unspecified atom stereocenters. The smallest absolute Gasteiger partial charge is 0.162 e. The van der Waals surface area contributed by atoms with E-state index in [0.29, 0.717) is 22.1 Å². The lowest BCUT2D eigenvalue weighted by molar-refractivity contribution is 0.355. The summed E-state index contributed by atoms with van der Waals surface area (Å²) in [5, 5.41) is 2.22. The summed E-state index contributed by atoms with van der Waals surface area (Å²) >= 11 is 6.22. The van der Waals surface area contributed by atoms with E-state index in [4.69, 9.17) is 30.5 Å². The van der Waals surface area contributed by atoms with Crippen molar-refractivity contribution in [2.45, 2.75) is 0 Å². The van der Waals surface area contributed by atoms with Crippen LogP contribution in [-0.4, -0.2) is 14.2 Å². The Labute approximate surface area is 167 Å². The van der Waals surface area contributed by atoms with E-state index in [1.54, 1.807) is 14.2 Å². The SMILES string of the molecule is COc1ccc(N=c2cc(-c3ccccc3)oc3ccc(Cl)cc23)cc1OC. The molecule has 4 rings (SSSR count). The van der Waals surface area contributed by atoms with Crippen molar-refractivity contribution in [1.29, 1.82) is 0 Å². The number of halogens is 1. The summed E-state index contributed by atoms with van der Waals surface area (Å²) in [5.74, 6) is 2.01. The Morgan fingerprint density at radius 1 is 0.821 bits per heavy atom. The molecule has 0 aliphatic heterocycles. The maximum atomic E-state index is 6.22. The quantitative estimate of drug-likeness (QED) is 0.428. The van der Waals surface area contributed by atoms with Gasteiger partial charge in [0.1, 0.15) is 11.3 Å². The van der Waals surface area contributed by atoms with Gasteiger partial charge in [-0.05, 0) is 30.3 Å². The zero-order valence-electron chi connectivity index (χ0n) is 15.5. The summed E-state index contributed by atoms with van der Waals surface area (Å²) in [6.07, 6.45) is 0. The van der Waals surface area contributed by atoms with Gasteiger partial charge in [-0.2, -0.15) is 0 Å². The first-order chi connectivity index (χ1) is 13.7. The van der Waals surface area contributed by atoms with Crippen LogP contribution in [-0.2, 0) is 0 Å². The number of ether oxygens (including phenoxy) is 2. The van der Waals surface area contributed by atoms with Crippen LogP contribution in [0.5, 0.6) is 11.5 Å². The molecule has 4 nitrogen and oxygen atoms in total. The molecule has 0 radical (unpaired) electrons. The van der Waals surface area contributed by atoms with Crippen molar-refractivity contribution in [1.82, 2.24) is 0 Å². The molecule has 140 valence electrons. The third kappa shape index (κ3) is 3.59. The van der Waals surface area contributed by atoms with Crippen LogP contribution < -0.4 is 14.8 Å². The van der Waals surface area contributed by atoms with E-state index in [9.17, 15) is 0 Å². The monoisotopic (exact) mass is 391 g/mol. The fourth-order valence-corrected chi connectivity index (χ4v) is 3.18. The van der Waals surface area contributed by atoms with E-state index >= 15 is 0 Å². The molecule has 1 heterocycles. The van der Waals surface area contributed by atoms with Crippen molar-refractivity contribution >= 4 is 28.3 Å². The lowest BCUT2D eigenvalue weighted by Gasteiger charge is -2.08. The zero-order valence-corrected chi connectivity index (χ0v) is 16.2. The second-order valence-electron chi connectivity index (χ2n) is 6.15. The summed E-state index contributed by atoms with van der Waals surface area (Å²) in [5.41, 5.74) is 2.43. The van der Waals surface area contributed by atoms with Crippen molar-refractivity contribution in [2.75, 3.05) is 14.2 Å². The number of nitrogens with zero attached hydrogens (tertiary/aromatic N) is 1. The zero-order chi connectivity index (χ0) is 19.5. The van der Waals surface area contributed by atoms with Crippen molar-refractivity contribution in [2.24, 2.45) is 4.99 Å². The van der Waals surface area contributed by atoms with Crippen LogP contribution in [0.25, 0.3) is 22.3 Å². The van der Waals surface area contributed by atoms with Crippen molar-refractivity contribution in [3.05, 3.63) is 83.2 Å². The standard InChI is InChI=1S/C23H18ClNO3/c1-26-21-11-9-17(13-23(21)27-2)25-19-14-22(15-6-4-3-5-7-15)28-20-10-8-16(24)12-18(19)20/h3-14H,1-2H3. The minimum atomic E-state index is 0.620. The Kier molecular flexibility index (Phi) is 5.04. The molecular formula is C23H18ClNO3. The fourth-order valence-electron chi connectivity index (χ4n) is 3.01. The molecule has 0 aliphatic carbocycles. The van der Waals surface area contributed by atoms with E-state index in [1.165, 1.54) is 0 Å². The Balaban J connectivity index is 1.96. The van der Waals surface area contributed by atoms with Gasteiger partial charge in [0.25, 0.3) is 0 Å². The van der Waals surface area contributed by atoms with E-state index in [2.05, 4.69) is 0 Å². The molecular weight excluding hydrogens is 374 g/mol. The number of benzene rings is 3. The number of hydrogen-bond acceptors (Lipinski definition) is 4. The largest absolute Gasteiger partial charge is 0.493 e. The molecule has 0 bridgehead atoms. The van der Waals surface area contributed by atoms with Crippen molar-refractivity contribution in [3.8, 4) is 22.8 Å². The summed E-state index contributed by atoms with van der Waals surface area (Å²) in [4.78, 5) is 4.83. The second kappa shape index (κ2) is 7.79. The molecule has 1 aromatic heterocycles. The maximum absolute atomic E-state index is 6.22. The van der Waals surface area contributed by atoms with Gasteiger partial charge in [0, 0.05) is 28.1 Å². The van der Waals surface area contributed by atoms with Crippen LogP contribution >= 0.6 is 11.6 Å². The van der Waals surface area contributed by atoms with Gasteiger partial charge in [-0.25, -0.2) is 4.99 Å². The normalized spacial score (nSPS) is 11.6. The Bertz CT molecular complexity index is 1200. The number of rotatable bonds is 4. The number of methoxy groups -OCH3 is 2. The van der Waals surface area contributed by atoms with Gasteiger partial charge in [0.2, 0.25) is 0 Å². The van der Waals surface area contributed by atoms with Crippen LogP contribution in [0.2, 0.25) is 5.02 Å². The molecule has 0 spiro atoms. The molecule has 5 heteroatoms. The Morgan fingerprint density at radius 3 is 2.36 bits per heavy atom. The molecule has 0 amide bonds. The minimum Gasteiger partial charge on any atom is -0.493 e. The first-order valence-corrected chi connectivity index (χ1v) is 9.11. The average Bonchev–Trinajstić information content (AvgIpc) is 2.74. The van der Waals surface area contributed by atoms with E-state index < -0.39 is 0 Å². The third-order valence-corrected chi connectivity index (χ3v) is 4.62. The molecule has 0 saturated heterocycles. The van der Waals surface area contributed by atoms with Gasteiger partial charge in [-0.3, -0.25) is 0 Å². The van der Waals surface area contributed by atoms with Crippen LogP contribution in [0, 0.1) is 0 Å². The average molecular weight is 392 g/mol. The maximum Gasteiger partial charge on any atom is 0.162 e. The number of fused-ring (bicyclic) bond motifs is 1. The summed E-state index contributed by atoms with van der Waals surface area (Å²) < 4.78 is 16.8. The van der Waals surface area contributed by atoms with Crippen LogP contribution in [0.1, 0.15) is 0 Å². The van der Waals surface area contributed by atoms with Gasteiger partial charge in [0.05, 0.1) is 25.3 Å². The first-order valence-electron chi connectivity index (χ1n) is 8.73. The predicted octanol–water partition coefficient (Wildman–Crippen LogP) is 6.00. The van der Waals surface area contributed by atoms with Crippen LogP contribution in [0.15, 0.2) is 82.2 Å². The predicted molar refractivity (Wildman–Crippen MR) is 111 cm³/mol. The molecule has 0 fully saturated rings. The van der Waals surface area contributed by atoms with E-state index in [0.717, 1.165) is 27.8 Å². The molecule has 28 heavy (non-hydrogen) atoms. The minimum absolute atomic E-state index is 0.620. The highest BCUT2D eigenvalue weighted by atomic mass is 35.5. The summed E-state index contributed by atoms with van der Waals surface area (Å²) in [6.45, 7) is 0. The second-order valence-corrected chi connectivity index (χ2v) is 6.59. The summed E-state index contributed by atoms with van der Waals surface area (Å²) in [7, 11) is 3.21. The highest BCUT2D eigenvalue weighted by molar-refractivity contribution is 6.31. The Hall–Kier alpha value is -3.24. The van der Waals surface area contributed by atoms with Crippen LogP contribution in [0.3, 0.4) is 0 Å². The van der Waals surface area contributed by atoms with Gasteiger partial charge < -0.3 is 13.9 Å². The highest BCUT2D eigenvalue weighted by Crippen LogP contribution is 2.31. The third-order valence-electron chi connectivity index (χ3n) is 4.38. The van der Waals surface area contributed by atoms with Crippen molar-refractivity contribution < 1.29 is 13.9 Å². The lowest BCUT2D eigenvalue weighted by Crippen LogP contribution is -2.03. The molecule has 4 aromatic rings. The first kappa shape index (κ1) is 18.1. The Morgan fingerprint density at radius 2 is 1.61 bits per heavy atom. The van der Waals surface area contributed by atoms with Gasteiger partial charge in [-0.15, -0.1) is 0 Å². The fraction of sp³-hybridized carbons (Fsp3) is 0.0870. The van der Waals surface area contributed by atoms with Gasteiger partial charge in [0.15, 0.2) is 11.5 Å². The molecule has 3 aromatic carbocycles. The highest BCUT2D eigenvalue weighted by Gasteiger charge is 2.08. The molecule has 0 saturated carbocycles. The van der Waals surface area contributed by atoms with Gasteiger partial charge in [-0.1, -0.05) is 41.9 Å². The molecule has 0 atom stereocenters. The van der Waals surface area contributed by atoms with Crippen LogP contribution in [0.4, 0.5) is 5.69 Å². The van der Waals surface area contributed by atoms with Crippen molar-refractivity contribution in [3.63, 3.8) is 0 Å². The van der Waals surface area contributed by atoms with Gasteiger partial charge >= 0.3 is 0 Å².